The van der Waals surface area contributed by atoms with E-state index in [0.29, 0.717) is 6.61 Å². The Kier molecular flexibility index (Phi) is 4.42. The van der Waals surface area contributed by atoms with E-state index in [0.717, 1.165) is 19.0 Å². The van der Waals surface area contributed by atoms with Crippen molar-refractivity contribution >= 4 is 0 Å². The molecule has 0 aromatic carbocycles. The SMILES string of the molecule is CN1CCC(CNCC2COC(C)(C)O2)CC1. The summed E-state index contributed by atoms with van der Waals surface area (Å²) < 4.78 is 11.3. The molecule has 0 radical (unpaired) electrons. The van der Waals surface area contributed by atoms with E-state index < -0.39 is 0 Å². The van der Waals surface area contributed by atoms with Crippen LogP contribution in [-0.4, -0.2) is 56.6 Å². The highest BCUT2D eigenvalue weighted by molar-refractivity contribution is 4.75. The van der Waals surface area contributed by atoms with Crippen LogP contribution in [0, 0.1) is 5.92 Å². The molecule has 2 aliphatic heterocycles. The van der Waals surface area contributed by atoms with Crippen molar-refractivity contribution in [3.8, 4) is 0 Å². The van der Waals surface area contributed by atoms with Crippen LogP contribution in [0.1, 0.15) is 26.7 Å². The predicted molar refractivity (Wildman–Crippen MR) is 68.0 cm³/mol. The molecule has 0 amide bonds. The fourth-order valence-electron chi connectivity index (χ4n) is 2.58. The third kappa shape index (κ3) is 4.21. The lowest BCUT2D eigenvalue weighted by molar-refractivity contribution is -0.137. The minimum absolute atomic E-state index is 0.219. The topological polar surface area (TPSA) is 33.7 Å². The molecule has 2 aliphatic rings. The van der Waals surface area contributed by atoms with Crippen molar-refractivity contribution in [3.63, 3.8) is 0 Å². The molecule has 100 valence electrons. The summed E-state index contributed by atoms with van der Waals surface area (Å²) in [4.78, 5) is 2.41. The minimum atomic E-state index is -0.389. The van der Waals surface area contributed by atoms with E-state index in [2.05, 4.69) is 17.3 Å². The van der Waals surface area contributed by atoms with Crippen molar-refractivity contribution in [3.05, 3.63) is 0 Å². The summed E-state index contributed by atoms with van der Waals surface area (Å²) >= 11 is 0. The molecule has 1 atom stereocenters. The van der Waals surface area contributed by atoms with Crippen LogP contribution in [0.25, 0.3) is 0 Å². The quantitative estimate of drug-likeness (QED) is 0.799. The minimum Gasteiger partial charge on any atom is -0.348 e. The highest BCUT2D eigenvalue weighted by Crippen LogP contribution is 2.22. The molecule has 2 fully saturated rings. The summed E-state index contributed by atoms with van der Waals surface area (Å²) in [6, 6.07) is 0. The Morgan fingerprint density at radius 1 is 1.24 bits per heavy atom. The zero-order valence-electron chi connectivity index (χ0n) is 11.4. The second kappa shape index (κ2) is 5.65. The Balaban J connectivity index is 1.57. The van der Waals surface area contributed by atoms with E-state index in [1.54, 1.807) is 0 Å². The highest BCUT2D eigenvalue weighted by Gasteiger charge is 2.32. The van der Waals surface area contributed by atoms with Gasteiger partial charge in [0.25, 0.3) is 0 Å². The van der Waals surface area contributed by atoms with Crippen molar-refractivity contribution in [1.82, 2.24) is 10.2 Å². The Hall–Kier alpha value is -0.160. The summed E-state index contributed by atoms with van der Waals surface area (Å²) in [6.45, 7) is 9.18. The number of nitrogens with one attached hydrogen (secondary N) is 1. The van der Waals surface area contributed by atoms with Gasteiger partial charge in [0, 0.05) is 6.54 Å². The molecule has 1 N–H and O–H groups in total. The van der Waals surface area contributed by atoms with Gasteiger partial charge < -0.3 is 19.7 Å². The molecule has 2 saturated heterocycles. The van der Waals surface area contributed by atoms with Gasteiger partial charge in [-0.1, -0.05) is 0 Å². The number of hydrogen-bond donors (Lipinski definition) is 1. The fraction of sp³-hybridized carbons (Fsp3) is 1.00. The maximum Gasteiger partial charge on any atom is 0.163 e. The zero-order chi connectivity index (χ0) is 12.3. The van der Waals surface area contributed by atoms with Crippen LogP contribution < -0.4 is 5.32 Å². The number of hydrogen-bond acceptors (Lipinski definition) is 4. The van der Waals surface area contributed by atoms with E-state index in [-0.39, 0.29) is 11.9 Å². The van der Waals surface area contributed by atoms with Gasteiger partial charge in [-0.25, -0.2) is 0 Å². The molecule has 2 heterocycles. The first-order chi connectivity index (χ1) is 8.05. The summed E-state index contributed by atoms with van der Waals surface area (Å²) in [5.41, 5.74) is 0. The first-order valence-electron chi connectivity index (χ1n) is 6.76. The maximum atomic E-state index is 5.76. The molecule has 0 spiro atoms. The van der Waals surface area contributed by atoms with Gasteiger partial charge in [0.15, 0.2) is 5.79 Å². The van der Waals surface area contributed by atoms with Gasteiger partial charge in [-0.2, -0.15) is 0 Å². The largest absolute Gasteiger partial charge is 0.348 e. The molecular weight excluding hydrogens is 216 g/mol. The van der Waals surface area contributed by atoms with Gasteiger partial charge in [-0.15, -0.1) is 0 Å². The van der Waals surface area contributed by atoms with Gasteiger partial charge in [0.05, 0.1) is 12.7 Å². The second-order valence-corrected chi connectivity index (χ2v) is 5.86. The number of likely N-dealkylation sites (tertiary alicyclic amines) is 1. The summed E-state index contributed by atoms with van der Waals surface area (Å²) in [5, 5.41) is 3.53. The van der Waals surface area contributed by atoms with E-state index in [1.807, 2.05) is 13.8 Å². The van der Waals surface area contributed by atoms with E-state index in [1.165, 1.54) is 25.9 Å². The average Bonchev–Trinajstić information content (AvgIpc) is 2.61. The van der Waals surface area contributed by atoms with Gasteiger partial charge in [0.1, 0.15) is 0 Å². The lowest BCUT2D eigenvalue weighted by Gasteiger charge is -2.29. The molecule has 0 aliphatic carbocycles. The Labute approximate surface area is 105 Å². The molecule has 1 unspecified atom stereocenters. The standard InChI is InChI=1S/C13H26N2O2/c1-13(2)16-10-12(17-13)9-14-8-11-4-6-15(3)7-5-11/h11-12,14H,4-10H2,1-3H3. The van der Waals surface area contributed by atoms with Crippen LogP contribution in [0.2, 0.25) is 0 Å². The summed E-state index contributed by atoms with van der Waals surface area (Å²) in [6.07, 6.45) is 2.85. The Morgan fingerprint density at radius 2 is 1.94 bits per heavy atom. The van der Waals surface area contributed by atoms with Crippen molar-refractivity contribution in [2.24, 2.45) is 5.92 Å². The van der Waals surface area contributed by atoms with Crippen molar-refractivity contribution in [1.29, 1.82) is 0 Å². The van der Waals surface area contributed by atoms with Crippen LogP contribution in [-0.2, 0) is 9.47 Å². The number of rotatable bonds is 4. The summed E-state index contributed by atoms with van der Waals surface area (Å²) in [5.74, 6) is 0.446. The van der Waals surface area contributed by atoms with Crippen molar-refractivity contribution in [2.75, 3.05) is 39.8 Å². The molecule has 0 aromatic rings. The van der Waals surface area contributed by atoms with Crippen molar-refractivity contribution < 1.29 is 9.47 Å². The molecule has 0 aromatic heterocycles. The molecule has 2 rings (SSSR count). The number of ether oxygens (including phenoxy) is 2. The van der Waals surface area contributed by atoms with Crippen LogP contribution >= 0.6 is 0 Å². The van der Waals surface area contributed by atoms with Crippen LogP contribution in [0.15, 0.2) is 0 Å². The Bertz CT molecular complexity index is 238. The molecule has 4 nitrogen and oxygen atoms in total. The molecular formula is C13H26N2O2. The van der Waals surface area contributed by atoms with Crippen LogP contribution in [0.3, 0.4) is 0 Å². The first kappa shape index (κ1) is 13.3. The van der Waals surface area contributed by atoms with Gasteiger partial charge in [-0.05, 0) is 59.3 Å². The highest BCUT2D eigenvalue weighted by atomic mass is 16.7. The van der Waals surface area contributed by atoms with Gasteiger partial charge in [0.2, 0.25) is 0 Å². The van der Waals surface area contributed by atoms with E-state index >= 15 is 0 Å². The molecule has 0 bridgehead atoms. The van der Waals surface area contributed by atoms with E-state index in [9.17, 15) is 0 Å². The first-order valence-corrected chi connectivity index (χ1v) is 6.76. The Morgan fingerprint density at radius 3 is 2.53 bits per heavy atom. The number of piperidine rings is 1. The molecule has 4 heteroatoms. The van der Waals surface area contributed by atoms with E-state index in [4.69, 9.17) is 9.47 Å². The lowest BCUT2D eigenvalue weighted by atomic mass is 9.97. The monoisotopic (exact) mass is 242 g/mol. The normalized spacial score (nSPS) is 30.9. The third-order valence-corrected chi connectivity index (χ3v) is 3.71. The van der Waals surface area contributed by atoms with Crippen LogP contribution in [0.5, 0.6) is 0 Å². The second-order valence-electron chi connectivity index (χ2n) is 5.86. The smallest absolute Gasteiger partial charge is 0.163 e. The lowest BCUT2D eigenvalue weighted by Crippen LogP contribution is -2.38. The van der Waals surface area contributed by atoms with Crippen LogP contribution in [0.4, 0.5) is 0 Å². The number of nitrogens with zero attached hydrogens (tertiary/aromatic N) is 1. The maximum absolute atomic E-state index is 5.76. The average molecular weight is 242 g/mol. The molecule has 17 heavy (non-hydrogen) atoms. The van der Waals surface area contributed by atoms with Gasteiger partial charge >= 0.3 is 0 Å². The summed E-state index contributed by atoms with van der Waals surface area (Å²) in [7, 11) is 2.20. The third-order valence-electron chi connectivity index (χ3n) is 3.71. The molecule has 0 saturated carbocycles. The van der Waals surface area contributed by atoms with Crippen molar-refractivity contribution in [2.45, 2.75) is 38.6 Å². The zero-order valence-corrected chi connectivity index (χ0v) is 11.4. The fourth-order valence-corrected chi connectivity index (χ4v) is 2.58. The predicted octanol–water partition coefficient (Wildman–Crippen LogP) is 1.07. The van der Waals surface area contributed by atoms with Gasteiger partial charge in [-0.3, -0.25) is 0 Å².